The summed E-state index contributed by atoms with van der Waals surface area (Å²) in [5.74, 6) is 0.350. The fourth-order valence-electron chi connectivity index (χ4n) is 2.95. The minimum Gasteiger partial charge on any atom is -0.396 e. The van der Waals surface area contributed by atoms with Gasteiger partial charge in [-0.25, -0.2) is 0 Å². The van der Waals surface area contributed by atoms with Gasteiger partial charge in [0.05, 0.1) is 18.2 Å². The second-order valence-electron chi connectivity index (χ2n) is 6.86. The van der Waals surface area contributed by atoms with Crippen LogP contribution in [-0.2, 0) is 9.53 Å². The number of aliphatic hydroxyl groups excluding tert-OH is 1. The van der Waals surface area contributed by atoms with Gasteiger partial charge in [0.15, 0.2) is 0 Å². The summed E-state index contributed by atoms with van der Waals surface area (Å²) in [5.41, 5.74) is 0. The first-order chi connectivity index (χ1) is 9.76. The van der Waals surface area contributed by atoms with Crippen molar-refractivity contribution in [2.45, 2.75) is 65.8 Å². The van der Waals surface area contributed by atoms with Crippen LogP contribution in [0.3, 0.4) is 0 Å². The number of ether oxygens (including phenoxy) is 1. The first-order valence-electron chi connectivity index (χ1n) is 8.07. The molecule has 1 amide bonds. The van der Waals surface area contributed by atoms with Gasteiger partial charge in [0.2, 0.25) is 5.91 Å². The molecule has 2 N–H and O–H groups in total. The molecule has 5 heteroatoms. The quantitative estimate of drug-likeness (QED) is 0.775. The van der Waals surface area contributed by atoms with Crippen molar-refractivity contribution in [1.82, 2.24) is 10.2 Å². The van der Waals surface area contributed by atoms with E-state index < -0.39 is 0 Å². The van der Waals surface area contributed by atoms with Crippen molar-refractivity contribution >= 4 is 5.91 Å². The minimum absolute atomic E-state index is 0.0281. The Balaban J connectivity index is 2.74. The average molecular weight is 300 g/mol. The lowest BCUT2D eigenvalue weighted by atomic mass is 9.98. The number of hydrogen-bond donors (Lipinski definition) is 2. The summed E-state index contributed by atoms with van der Waals surface area (Å²) >= 11 is 0. The van der Waals surface area contributed by atoms with Crippen LogP contribution in [0.2, 0.25) is 0 Å². The fourth-order valence-corrected chi connectivity index (χ4v) is 2.95. The molecular weight excluding hydrogens is 268 g/mol. The number of hydrogen-bond acceptors (Lipinski definition) is 4. The fraction of sp³-hybridized carbons (Fsp3) is 0.938. The summed E-state index contributed by atoms with van der Waals surface area (Å²) in [6, 6.07) is -0.174. The molecule has 5 nitrogen and oxygen atoms in total. The van der Waals surface area contributed by atoms with Crippen LogP contribution in [0.4, 0.5) is 0 Å². The molecule has 0 bridgehead atoms. The molecule has 1 heterocycles. The summed E-state index contributed by atoms with van der Waals surface area (Å²) in [4.78, 5) is 14.9. The van der Waals surface area contributed by atoms with Gasteiger partial charge in [-0.1, -0.05) is 20.8 Å². The van der Waals surface area contributed by atoms with Gasteiger partial charge in [-0.05, 0) is 32.6 Å². The molecule has 0 aromatic carbocycles. The van der Waals surface area contributed by atoms with Crippen LogP contribution in [0, 0.1) is 11.8 Å². The van der Waals surface area contributed by atoms with E-state index >= 15 is 0 Å². The molecule has 5 unspecified atom stereocenters. The molecule has 0 aromatic heterocycles. The Kier molecular flexibility index (Phi) is 7.10. The monoisotopic (exact) mass is 300 g/mol. The van der Waals surface area contributed by atoms with Crippen molar-refractivity contribution in [3.63, 3.8) is 0 Å². The smallest absolute Gasteiger partial charge is 0.237 e. The van der Waals surface area contributed by atoms with Crippen molar-refractivity contribution in [2.24, 2.45) is 11.8 Å². The van der Waals surface area contributed by atoms with Crippen LogP contribution in [0.1, 0.15) is 41.5 Å². The zero-order valence-electron chi connectivity index (χ0n) is 14.3. The number of morpholine rings is 1. The van der Waals surface area contributed by atoms with E-state index in [0.717, 1.165) is 13.1 Å². The Bertz CT molecular complexity index is 325. The lowest BCUT2D eigenvalue weighted by Crippen LogP contribution is -2.58. The normalized spacial score (nSPS) is 28.2. The molecule has 0 spiro atoms. The van der Waals surface area contributed by atoms with Gasteiger partial charge in [-0.2, -0.15) is 0 Å². The standard InChI is InChI=1S/C16H32N2O3/c1-10(2)15(16(20)17-14(6)11(3)9-19)18-7-12(4)21-13(5)8-18/h10-15,19H,7-9H2,1-6H3,(H,17,20). The third-order valence-electron chi connectivity index (χ3n) is 4.25. The highest BCUT2D eigenvalue weighted by Crippen LogP contribution is 2.19. The molecular formula is C16H32N2O3. The molecule has 21 heavy (non-hydrogen) atoms. The van der Waals surface area contributed by atoms with Crippen molar-refractivity contribution in [2.75, 3.05) is 19.7 Å². The van der Waals surface area contributed by atoms with E-state index in [0.29, 0.717) is 0 Å². The SMILES string of the molecule is CC1CN(C(C(=O)NC(C)C(C)CO)C(C)C)CC(C)O1. The Labute approximate surface area is 129 Å². The Morgan fingerprint density at radius 3 is 2.19 bits per heavy atom. The molecule has 0 aliphatic carbocycles. The van der Waals surface area contributed by atoms with Crippen LogP contribution in [0.5, 0.6) is 0 Å². The van der Waals surface area contributed by atoms with Crippen molar-refractivity contribution in [1.29, 1.82) is 0 Å². The van der Waals surface area contributed by atoms with Crippen LogP contribution < -0.4 is 5.32 Å². The van der Waals surface area contributed by atoms with E-state index in [9.17, 15) is 9.90 Å². The van der Waals surface area contributed by atoms with Gasteiger partial charge >= 0.3 is 0 Å². The summed E-state index contributed by atoms with van der Waals surface area (Å²) in [7, 11) is 0. The third-order valence-corrected chi connectivity index (χ3v) is 4.25. The van der Waals surface area contributed by atoms with Crippen LogP contribution in [0.15, 0.2) is 0 Å². The summed E-state index contributed by atoms with van der Waals surface area (Å²) in [6.45, 7) is 13.8. The molecule has 1 saturated heterocycles. The van der Waals surface area contributed by atoms with E-state index in [1.165, 1.54) is 0 Å². The Morgan fingerprint density at radius 1 is 1.24 bits per heavy atom. The molecule has 124 valence electrons. The number of aliphatic hydroxyl groups is 1. The van der Waals surface area contributed by atoms with Crippen LogP contribution >= 0.6 is 0 Å². The van der Waals surface area contributed by atoms with Crippen LogP contribution in [0.25, 0.3) is 0 Å². The van der Waals surface area contributed by atoms with Crippen molar-refractivity contribution in [3.8, 4) is 0 Å². The molecule has 0 saturated carbocycles. The van der Waals surface area contributed by atoms with Crippen LogP contribution in [-0.4, -0.2) is 59.9 Å². The van der Waals surface area contributed by atoms with E-state index in [2.05, 4.69) is 37.9 Å². The van der Waals surface area contributed by atoms with Crippen molar-refractivity contribution < 1.29 is 14.6 Å². The maximum Gasteiger partial charge on any atom is 0.237 e. The number of carbonyl (C=O) groups is 1. The third kappa shape index (κ3) is 5.24. The highest BCUT2D eigenvalue weighted by Gasteiger charge is 2.34. The van der Waals surface area contributed by atoms with E-state index in [1.54, 1.807) is 0 Å². The molecule has 1 rings (SSSR count). The molecule has 0 aromatic rings. The second kappa shape index (κ2) is 8.11. The largest absolute Gasteiger partial charge is 0.396 e. The molecule has 5 atom stereocenters. The van der Waals surface area contributed by atoms with Gasteiger partial charge in [0.1, 0.15) is 0 Å². The zero-order valence-corrected chi connectivity index (χ0v) is 14.3. The van der Waals surface area contributed by atoms with Gasteiger partial charge in [0.25, 0.3) is 0 Å². The van der Waals surface area contributed by atoms with Crippen molar-refractivity contribution in [3.05, 3.63) is 0 Å². The first kappa shape index (κ1) is 18.4. The molecule has 1 fully saturated rings. The van der Waals surface area contributed by atoms with Gasteiger partial charge in [-0.15, -0.1) is 0 Å². The highest BCUT2D eigenvalue weighted by atomic mass is 16.5. The average Bonchev–Trinajstić information content (AvgIpc) is 2.35. The number of nitrogens with zero attached hydrogens (tertiary/aromatic N) is 1. The Morgan fingerprint density at radius 2 is 1.76 bits per heavy atom. The topological polar surface area (TPSA) is 61.8 Å². The second-order valence-corrected chi connectivity index (χ2v) is 6.86. The molecule has 1 aliphatic rings. The maximum absolute atomic E-state index is 12.7. The van der Waals surface area contributed by atoms with Gasteiger partial charge in [-0.3, -0.25) is 9.69 Å². The highest BCUT2D eigenvalue weighted by molar-refractivity contribution is 5.82. The maximum atomic E-state index is 12.7. The number of carbonyl (C=O) groups excluding carboxylic acids is 1. The van der Waals surface area contributed by atoms with E-state index in [-0.39, 0.29) is 48.6 Å². The summed E-state index contributed by atoms with van der Waals surface area (Å²) in [5, 5.41) is 12.3. The number of amides is 1. The predicted octanol–water partition coefficient (Wildman–Crippen LogP) is 1.25. The van der Waals surface area contributed by atoms with E-state index in [4.69, 9.17) is 4.74 Å². The zero-order chi connectivity index (χ0) is 16.2. The molecule has 0 radical (unpaired) electrons. The van der Waals surface area contributed by atoms with E-state index in [1.807, 2.05) is 13.8 Å². The van der Waals surface area contributed by atoms with Gasteiger partial charge < -0.3 is 15.2 Å². The lowest BCUT2D eigenvalue weighted by molar-refractivity contribution is -0.136. The lowest BCUT2D eigenvalue weighted by Gasteiger charge is -2.41. The summed E-state index contributed by atoms with van der Waals surface area (Å²) in [6.07, 6.45) is 0.299. The first-order valence-corrected chi connectivity index (χ1v) is 8.07. The molecule has 1 aliphatic heterocycles. The minimum atomic E-state index is -0.146. The summed E-state index contributed by atoms with van der Waals surface area (Å²) < 4.78 is 5.76. The van der Waals surface area contributed by atoms with Gasteiger partial charge in [0, 0.05) is 25.7 Å². The number of nitrogens with one attached hydrogen (secondary N) is 1. The predicted molar refractivity (Wildman–Crippen MR) is 84.1 cm³/mol. The number of rotatable bonds is 6. The Hall–Kier alpha value is -0.650.